The summed E-state index contributed by atoms with van der Waals surface area (Å²) in [5.41, 5.74) is -2.12. The molecule has 136 valence electrons. The van der Waals surface area contributed by atoms with E-state index in [-0.39, 0.29) is 23.0 Å². The topological polar surface area (TPSA) is 66.8 Å². The maximum atomic E-state index is 12.8. The number of aliphatic hydroxyl groups is 2. The van der Waals surface area contributed by atoms with E-state index in [1.165, 1.54) is 0 Å². The third-order valence-corrected chi connectivity index (χ3v) is 7.87. The lowest BCUT2D eigenvalue weighted by Gasteiger charge is -2.66. The zero-order chi connectivity index (χ0) is 18.1. The fourth-order valence-electron chi connectivity index (χ4n) is 6.10. The highest BCUT2D eigenvalue weighted by Crippen LogP contribution is 2.65. The van der Waals surface area contributed by atoms with Gasteiger partial charge in [0.05, 0.1) is 17.8 Å². The highest BCUT2D eigenvalue weighted by Gasteiger charge is 2.67. The van der Waals surface area contributed by atoms with Crippen LogP contribution in [-0.2, 0) is 9.53 Å². The minimum Gasteiger partial charge on any atom is -0.392 e. The van der Waals surface area contributed by atoms with Crippen molar-refractivity contribution in [3.05, 3.63) is 12.7 Å². The number of carbonyl (C=O) groups is 1. The molecule has 4 heteroatoms. The molecule has 3 aliphatic rings. The summed E-state index contributed by atoms with van der Waals surface area (Å²) in [6.07, 6.45) is 2.93. The molecule has 0 spiro atoms. The molecule has 0 aromatic rings. The van der Waals surface area contributed by atoms with Crippen LogP contribution in [-0.4, -0.2) is 39.4 Å². The lowest BCUT2D eigenvalue weighted by molar-refractivity contribution is -0.275. The van der Waals surface area contributed by atoms with Gasteiger partial charge in [-0.1, -0.05) is 33.4 Å². The first-order valence-electron chi connectivity index (χ1n) is 9.15. The first-order valence-corrected chi connectivity index (χ1v) is 9.15. The van der Waals surface area contributed by atoms with Gasteiger partial charge in [0.25, 0.3) is 0 Å². The van der Waals surface area contributed by atoms with Crippen molar-refractivity contribution >= 4 is 5.78 Å². The number of ketones is 1. The Morgan fingerprint density at radius 3 is 2.33 bits per heavy atom. The number of rotatable bonds is 1. The van der Waals surface area contributed by atoms with Crippen LogP contribution in [0.15, 0.2) is 12.7 Å². The largest absolute Gasteiger partial charge is 0.392 e. The molecule has 24 heavy (non-hydrogen) atoms. The van der Waals surface area contributed by atoms with E-state index in [1.54, 1.807) is 13.0 Å². The summed E-state index contributed by atoms with van der Waals surface area (Å²) >= 11 is 0. The van der Waals surface area contributed by atoms with E-state index in [9.17, 15) is 15.0 Å². The molecule has 3 rings (SSSR count). The van der Waals surface area contributed by atoms with E-state index in [0.717, 1.165) is 12.8 Å². The molecule has 0 amide bonds. The van der Waals surface area contributed by atoms with Crippen molar-refractivity contribution in [1.29, 1.82) is 0 Å². The summed E-state index contributed by atoms with van der Waals surface area (Å²) in [5.74, 6) is 0.148. The Morgan fingerprint density at radius 2 is 1.75 bits per heavy atom. The van der Waals surface area contributed by atoms with E-state index < -0.39 is 28.8 Å². The number of carbonyl (C=O) groups excluding carboxylic acids is 1. The number of fused-ring (bicyclic) bond motifs is 3. The Labute approximate surface area is 145 Å². The highest BCUT2D eigenvalue weighted by molar-refractivity contribution is 5.90. The fraction of sp³-hybridized carbons (Fsp3) is 0.850. The van der Waals surface area contributed by atoms with Gasteiger partial charge >= 0.3 is 0 Å². The van der Waals surface area contributed by atoms with Gasteiger partial charge in [-0.15, -0.1) is 0 Å². The van der Waals surface area contributed by atoms with Gasteiger partial charge in [-0.2, -0.15) is 0 Å². The molecular weight excluding hydrogens is 304 g/mol. The number of aliphatic hydroxyl groups excluding tert-OH is 2. The van der Waals surface area contributed by atoms with E-state index in [2.05, 4.69) is 34.3 Å². The Morgan fingerprint density at radius 1 is 1.12 bits per heavy atom. The third kappa shape index (κ3) is 2.12. The van der Waals surface area contributed by atoms with Crippen LogP contribution in [0.5, 0.6) is 0 Å². The zero-order valence-electron chi connectivity index (χ0n) is 15.6. The number of hydrogen-bond acceptors (Lipinski definition) is 4. The Balaban J connectivity index is 2.06. The molecular formula is C20H32O4. The lowest BCUT2D eigenvalue weighted by Crippen LogP contribution is -2.69. The quantitative estimate of drug-likeness (QED) is 0.723. The molecule has 2 N–H and O–H groups in total. The van der Waals surface area contributed by atoms with Crippen molar-refractivity contribution in [3.63, 3.8) is 0 Å². The van der Waals surface area contributed by atoms with Crippen LogP contribution in [0, 0.1) is 22.7 Å². The van der Waals surface area contributed by atoms with Crippen LogP contribution in [0.4, 0.5) is 0 Å². The molecule has 1 saturated heterocycles. The smallest absolute Gasteiger partial charge is 0.168 e. The summed E-state index contributed by atoms with van der Waals surface area (Å²) in [5, 5.41) is 21.5. The van der Waals surface area contributed by atoms with E-state index >= 15 is 0 Å². The molecule has 0 bridgehead atoms. The van der Waals surface area contributed by atoms with Crippen LogP contribution >= 0.6 is 0 Å². The normalized spacial score (nSPS) is 53.9. The van der Waals surface area contributed by atoms with Gasteiger partial charge in [0.15, 0.2) is 5.78 Å². The maximum absolute atomic E-state index is 12.8. The first-order chi connectivity index (χ1) is 10.9. The minimum atomic E-state index is -0.941. The summed E-state index contributed by atoms with van der Waals surface area (Å²) in [7, 11) is 0. The Bertz CT molecular complexity index is 570. The average Bonchev–Trinajstić information content (AvgIpc) is 2.48. The highest BCUT2D eigenvalue weighted by atomic mass is 16.5. The Kier molecular flexibility index (Phi) is 3.88. The van der Waals surface area contributed by atoms with Gasteiger partial charge < -0.3 is 14.9 Å². The number of Topliss-reactive ketones (excluding diaryl/α,β-unsaturated/α-hetero) is 1. The SMILES string of the molecule is C=C[C@]1(C)O[C@@]2(C)CC[C@@H]3C(C)(C)[C@H](O)C[C@H](O)[C@@]3(C)[C@@H]2CC1=O. The maximum Gasteiger partial charge on any atom is 0.168 e. The summed E-state index contributed by atoms with van der Waals surface area (Å²) in [6, 6.07) is 0. The van der Waals surface area contributed by atoms with Crippen molar-refractivity contribution in [1.82, 2.24) is 0 Å². The van der Waals surface area contributed by atoms with Gasteiger partial charge in [0.1, 0.15) is 5.60 Å². The van der Waals surface area contributed by atoms with E-state index in [4.69, 9.17) is 4.74 Å². The minimum absolute atomic E-state index is 0.0398. The van der Waals surface area contributed by atoms with Crippen LogP contribution in [0.2, 0.25) is 0 Å². The fourth-order valence-corrected chi connectivity index (χ4v) is 6.10. The van der Waals surface area contributed by atoms with Gasteiger partial charge in [0.2, 0.25) is 0 Å². The molecule has 0 radical (unpaired) electrons. The van der Waals surface area contributed by atoms with Crippen LogP contribution in [0.25, 0.3) is 0 Å². The van der Waals surface area contributed by atoms with Gasteiger partial charge in [-0.3, -0.25) is 4.79 Å². The van der Waals surface area contributed by atoms with Gasteiger partial charge in [-0.05, 0) is 38.0 Å². The van der Waals surface area contributed by atoms with Crippen molar-refractivity contribution < 1.29 is 19.7 Å². The molecule has 1 heterocycles. The second-order valence-corrected chi connectivity index (χ2v) is 9.45. The molecule has 0 aromatic heterocycles. The second kappa shape index (κ2) is 5.15. The van der Waals surface area contributed by atoms with E-state index in [1.807, 2.05) is 0 Å². The molecule has 7 atom stereocenters. The molecule has 1 aliphatic heterocycles. The molecule has 0 unspecified atom stereocenters. The van der Waals surface area contributed by atoms with Crippen LogP contribution < -0.4 is 0 Å². The van der Waals surface area contributed by atoms with Crippen LogP contribution in [0.3, 0.4) is 0 Å². The summed E-state index contributed by atoms with van der Waals surface area (Å²) in [4.78, 5) is 12.8. The van der Waals surface area contributed by atoms with Crippen molar-refractivity contribution in [2.24, 2.45) is 22.7 Å². The molecule has 2 aliphatic carbocycles. The van der Waals surface area contributed by atoms with Crippen molar-refractivity contribution in [2.45, 2.75) is 83.7 Å². The summed E-state index contributed by atoms with van der Waals surface area (Å²) in [6.45, 7) is 14.0. The predicted octanol–water partition coefficient (Wildman–Crippen LogP) is 2.86. The molecule has 4 nitrogen and oxygen atoms in total. The molecule has 2 saturated carbocycles. The van der Waals surface area contributed by atoms with Gasteiger partial charge in [-0.25, -0.2) is 0 Å². The monoisotopic (exact) mass is 336 g/mol. The predicted molar refractivity (Wildman–Crippen MR) is 92.4 cm³/mol. The number of ether oxygens (including phenoxy) is 1. The second-order valence-electron chi connectivity index (χ2n) is 9.45. The zero-order valence-corrected chi connectivity index (χ0v) is 15.6. The third-order valence-electron chi connectivity index (χ3n) is 7.87. The lowest BCUT2D eigenvalue weighted by atomic mass is 9.43. The number of hydrogen-bond donors (Lipinski definition) is 2. The first kappa shape index (κ1) is 18.1. The van der Waals surface area contributed by atoms with Crippen molar-refractivity contribution in [3.8, 4) is 0 Å². The molecule has 3 fully saturated rings. The van der Waals surface area contributed by atoms with Gasteiger partial charge in [0, 0.05) is 24.2 Å². The summed E-state index contributed by atoms with van der Waals surface area (Å²) < 4.78 is 6.34. The molecule has 0 aromatic carbocycles. The van der Waals surface area contributed by atoms with E-state index in [0.29, 0.717) is 12.8 Å². The Hall–Kier alpha value is -0.710. The average molecular weight is 336 g/mol. The van der Waals surface area contributed by atoms with Crippen molar-refractivity contribution in [2.75, 3.05) is 0 Å². The standard InChI is InChI=1S/C20H32O4/c1-7-18(4)15(22)10-13-19(5,24-18)9-8-12-17(2,3)14(21)11-16(23)20(12,13)6/h7,12-14,16,21,23H,1,8-11H2,2-6H3/t12-,13-,14-,16+,18+,19+,20-/m1/s1. The van der Waals surface area contributed by atoms with Crippen LogP contribution in [0.1, 0.15) is 60.3 Å².